The third-order valence-electron chi connectivity index (χ3n) is 4.11. The van der Waals surface area contributed by atoms with E-state index in [4.69, 9.17) is 16.3 Å². The molecule has 0 N–H and O–H groups in total. The molecule has 1 unspecified atom stereocenters. The van der Waals surface area contributed by atoms with E-state index in [1.165, 1.54) is 24.3 Å². The minimum atomic E-state index is -5.02. The van der Waals surface area contributed by atoms with Gasteiger partial charge in [0.25, 0.3) is 0 Å². The number of benzene rings is 2. The summed E-state index contributed by atoms with van der Waals surface area (Å²) in [6.07, 6.45) is -0.116. The van der Waals surface area contributed by atoms with Crippen LogP contribution in [0.15, 0.2) is 64.4 Å². The first-order chi connectivity index (χ1) is 13.0. The summed E-state index contributed by atoms with van der Waals surface area (Å²) in [7, 11) is -10.0. The fourth-order valence-corrected chi connectivity index (χ4v) is 8.05. The van der Waals surface area contributed by atoms with Crippen LogP contribution in [0.3, 0.4) is 0 Å². The summed E-state index contributed by atoms with van der Waals surface area (Å²) in [4.78, 5) is 10.1. The van der Waals surface area contributed by atoms with Crippen molar-refractivity contribution in [1.29, 1.82) is 0 Å². The fraction of sp³-hybridized carbons (Fsp3) is 0.167. The standard InChI is InChI=1S/C18H14ClFO6S2/c1-12(21)26-17(10-9-13-5-4-6-14(19)11-13)18(20)27(22,23)15-7-2-3-8-16(15)28(18,24)25/h2-11,17H,1H3/b10-9+. The van der Waals surface area contributed by atoms with E-state index >= 15 is 4.39 Å². The third kappa shape index (κ3) is 3.03. The molecule has 148 valence electrons. The van der Waals surface area contributed by atoms with Gasteiger partial charge in [-0.25, -0.2) is 21.2 Å². The molecular formula is C18H14ClFO6S2. The lowest BCUT2D eigenvalue weighted by Gasteiger charge is -2.25. The number of ether oxygens (including phenoxy) is 1. The number of carbonyl (C=O) groups is 1. The molecule has 3 rings (SSSR count). The summed E-state index contributed by atoms with van der Waals surface area (Å²) in [6, 6.07) is 10.8. The Morgan fingerprint density at radius 1 is 1.07 bits per heavy atom. The molecule has 2 aromatic carbocycles. The number of fused-ring (bicyclic) bond motifs is 1. The van der Waals surface area contributed by atoms with Crippen molar-refractivity contribution in [2.24, 2.45) is 0 Å². The van der Waals surface area contributed by atoms with Crippen LogP contribution in [0, 0.1) is 0 Å². The average Bonchev–Trinajstić information content (AvgIpc) is 2.75. The lowest BCUT2D eigenvalue weighted by atomic mass is 10.2. The Labute approximate surface area is 166 Å². The van der Waals surface area contributed by atoms with E-state index < -0.39 is 45.9 Å². The molecule has 10 heteroatoms. The number of alkyl halides is 1. The van der Waals surface area contributed by atoms with Crippen LogP contribution in [-0.2, 0) is 29.2 Å². The van der Waals surface area contributed by atoms with Gasteiger partial charge in [-0.1, -0.05) is 41.9 Å². The zero-order chi connectivity index (χ0) is 20.7. The zero-order valence-electron chi connectivity index (χ0n) is 14.4. The molecular weight excluding hydrogens is 431 g/mol. The van der Waals surface area contributed by atoms with Gasteiger partial charge in [-0.3, -0.25) is 4.79 Å². The molecule has 0 spiro atoms. The minimum Gasteiger partial charge on any atom is -0.452 e. The molecule has 0 aliphatic carbocycles. The van der Waals surface area contributed by atoms with Crippen LogP contribution >= 0.6 is 11.6 Å². The number of halogens is 2. The Morgan fingerprint density at radius 2 is 1.64 bits per heavy atom. The maximum absolute atomic E-state index is 15.9. The second-order valence-electron chi connectivity index (χ2n) is 5.98. The Morgan fingerprint density at radius 3 is 2.14 bits per heavy atom. The first-order valence-corrected chi connectivity index (χ1v) is 11.2. The second kappa shape index (κ2) is 6.98. The van der Waals surface area contributed by atoms with Crippen LogP contribution in [0.4, 0.5) is 4.39 Å². The average molecular weight is 445 g/mol. The summed E-state index contributed by atoms with van der Waals surface area (Å²) in [6.45, 7) is 0.922. The molecule has 0 saturated carbocycles. The van der Waals surface area contributed by atoms with Gasteiger partial charge in [0.1, 0.15) is 0 Å². The van der Waals surface area contributed by atoms with Crippen LogP contribution in [0.1, 0.15) is 12.5 Å². The SMILES string of the molecule is CC(=O)OC(/C=C/c1cccc(Cl)c1)C1(F)S(=O)(=O)c2ccccc2S1(=O)=O. The monoisotopic (exact) mass is 444 g/mol. The summed E-state index contributed by atoms with van der Waals surface area (Å²) < 4.78 is 68.1. The normalized spacial score (nSPS) is 19.8. The van der Waals surface area contributed by atoms with Gasteiger partial charge in [-0.2, -0.15) is 0 Å². The third-order valence-corrected chi connectivity index (χ3v) is 9.59. The Kier molecular flexibility index (Phi) is 5.11. The Bertz CT molecular complexity index is 1140. The molecule has 28 heavy (non-hydrogen) atoms. The van der Waals surface area contributed by atoms with E-state index in [9.17, 15) is 21.6 Å². The van der Waals surface area contributed by atoms with Crippen molar-refractivity contribution < 1.29 is 30.8 Å². The molecule has 0 aromatic heterocycles. The van der Waals surface area contributed by atoms with Gasteiger partial charge >= 0.3 is 10.3 Å². The summed E-state index contributed by atoms with van der Waals surface area (Å²) in [5.41, 5.74) is 0.429. The summed E-state index contributed by atoms with van der Waals surface area (Å²) >= 11 is 5.87. The number of hydrogen-bond donors (Lipinski definition) is 0. The fourth-order valence-electron chi connectivity index (χ4n) is 2.86. The van der Waals surface area contributed by atoms with E-state index in [0.29, 0.717) is 10.6 Å². The van der Waals surface area contributed by atoms with Crippen LogP contribution in [0.2, 0.25) is 5.02 Å². The van der Waals surface area contributed by atoms with Crippen molar-refractivity contribution >= 4 is 43.3 Å². The van der Waals surface area contributed by atoms with Gasteiger partial charge in [0.2, 0.25) is 19.7 Å². The van der Waals surface area contributed by atoms with E-state index in [1.807, 2.05) is 0 Å². The first-order valence-electron chi connectivity index (χ1n) is 7.90. The molecule has 0 fully saturated rings. The summed E-state index contributed by atoms with van der Waals surface area (Å²) in [5, 5.41) is 0.356. The molecule has 0 radical (unpaired) electrons. The highest BCUT2D eigenvalue weighted by Gasteiger charge is 2.69. The van der Waals surface area contributed by atoms with Crippen LogP contribution < -0.4 is 0 Å². The van der Waals surface area contributed by atoms with Crippen LogP contribution in [-0.4, -0.2) is 33.2 Å². The van der Waals surface area contributed by atoms with Crippen molar-refractivity contribution in [2.75, 3.05) is 0 Å². The molecule has 0 saturated heterocycles. The number of hydrogen-bond acceptors (Lipinski definition) is 6. The maximum Gasteiger partial charge on any atom is 0.357 e. The topological polar surface area (TPSA) is 94.6 Å². The van der Waals surface area contributed by atoms with E-state index in [0.717, 1.165) is 25.1 Å². The van der Waals surface area contributed by atoms with E-state index in [2.05, 4.69) is 0 Å². The lowest BCUT2D eigenvalue weighted by Crippen LogP contribution is -2.48. The smallest absolute Gasteiger partial charge is 0.357 e. The number of carbonyl (C=O) groups excluding carboxylic acids is 1. The van der Waals surface area contributed by atoms with Gasteiger partial charge in [0.05, 0.1) is 9.79 Å². The lowest BCUT2D eigenvalue weighted by molar-refractivity contribution is -0.146. The van der Waals surface area contributed by atoms with Crippen molar-refractivity contribution in [3.8, 4) is 0 Å². The quantitative estimate of drug-likeness (QED) is 0.672. The van der Waals surface area contributed by atoms with Crippen LogP contribution in [0.5, 0.6) is 0 Å². The highest BCUT2D eigenvalue weighted by Crippen LogP contribution is 2.49. The van der Waals surface area contributed by atoms with Gasteiger partial charge in [0.15, 0.2) is 6.10 Å². The van der Waals surface area contributed by atoms with Gasteiger partial charge < -0.3 is 4.74 Å². The Balaban J connectivity index is 2.18. The molecule has 0 bridgehead atoms. The number of sulfone groups is 2. The van der Waals surface area contributed by atoms with Crippen molar-refractivity contribution in [1.82, 2.24) is 0 Å². The van der Waals surface area contributed by atoms with E-state index in [-0.39, 0.29) is 0 Å². The predicted octanol–water partition coefficient (Wildman–Crippen LogP) is 3.17. The van der Waals surface area contributed by atoms with Crippen LogP contribution in [0.25, 0.3) is 6.08 Å². The molecule has 0 amide bonds. The molecule has 1 heterocycles. The largest absolute Gasteiger partial charge is 0.452 e. The molecule has 2 aromatic rings. The van der Waals surface area contributed by atoms with Crippen molar-refractivity contribution in [3.05, 3.63) is 65.2 Å². The highest BCUT2D eigenvalue weighted by atomic mass is 35.5. The van der Waals surface area contributed by atoms with Gasteiger partial charge in [0, 0.05) is 11.9 Å². The molecule has 1 aliphatic rings. The summed E-state index contributed by atoms with van der Waals surface area (Å²) in [5.74, 6) is -1.04. The predicted molar refractivity (Wildman–Crippen MR) is 101 cm³/mol. The van der Waals surface area contributed by atoms with E-state index in [1.54, 1.807) is 18.2 Å². The zero-order valence-corrected chi connectivity index (χ0v) is 16.8. The molecule has 6 nitrogen and oxygen atoms in total. The number of rotatable bonds is 4. The number of esters is 1. The van der Waals surface area contributed by atoms with Gasteiger partial charge in [-0.15, -0.1) is 0 Å². The second-order valence-corrected chi connectivity index (χ2v) is 10.8. The maximum atomic E-state index is 15.9. The van der Waals surface area contributed by atoms with Gasteiger partial charge in [-0.05, 0) is 35.9 Å². The first kappa shape index (κ1) is 20.5. The molecule has 1 aliphatic heterocycles. The Hall–Kier alpha value is -2.23. The van der Waals surface area contributed by atoms with Crippen molar-refractivity contribution in [3.63, 3.8) is 0 Å². The minimum absolute atomic E-state index is 0.356. The van der Waals surface area contributed by atoms with Crippen molar-refractivity contribution in [2.45, 2.75) is 27.2 Å². The highest BCUT2D eigenvalue weighted by molar-refractivity contribution is 8.12. The molecule has 1 atom stereocenters.